The van der Waals surface area contributed by atoms with Crippen LogP contribution in [-0.2, 0) is 18.9 Å². The Morgan fingerprint density at radius 2 is 2.05 bits per heavy atom. The van der Waals surface area contributed by atoms with E-state index in [1.165, 1.54) is 0 Å². The Labute approximate surface area is 114 Å². The van der Waals surface area contributed by atoms with Crippen LogP contribution in [0.2, 0.25) is 0 Å². The maximum Gasteiger partial charge on any atom is 0.109 e. The molecule has 0 spiro atoms. The van der Waals surface area contributed by atoms with Crippen molar-refractivity contribution in [1.29, 1.82) is 5.26 Å². The van der Waals surface area contributed by atoms with Crippen LogP contribution < -0.4 is 0 Å². The minimum atomic E-state index is -0.462. The van der Waals surface area contributed by atoms with Gasteiger partial charge in [-0.1, -0.05) is 19.9 Å². The number of rotatable bonds is 3. The van der Waals surface area contributed by atoms with Gasteiger partial charge in [0.05, 0.1) is 22.5 Å². The van der Waals surface area contributed by atoms with Gasteiger partial charge in [-0.25, -0.2) is 4.98 Å². The molecule has 0 aliphatic carbocycles. The molecule has 0 aliphatic heterocycles. The van der Waals surface area contributed by atoms with E-state index in [0.29, 0.717) is 5.92 Å². The van der Waals surface area contributed by atoms with Crippen molar-refractivity contribution in [2.45, 2.75) is 39.5 Å². The number of fused-ring (bicyclic) bond motifs is 1. The van der Waals surface area contributed by atoms with Gasteiger partial charge in [-0.2, -0.15) is 5.26 Å². The third-order valence-electron chi connectivity index (χ3n) is 3.57. The fourth-order valence-electron chi connectivity index (χ4n) is 2.24. The van der Waals surface area contributed by atoms with Crippen molar-refractivity contribution >= 4 is 11.0 Å². The monoisotopic (exact) mass is 255 g/mol. The molecule has 0 amide bonds. The summed E-state index contributed by atoms with van der Waals surface area (Å²) in [7, 11) is 2.05. The van der Waals surface area contributed by atoms with E-state index in [9.17, 15) is 5.26 Å². The third-order valence-corrected chi connectivity index (χ3v) is 3.57. The molecule has 3 nitrogen and oxygen atoms in total. The second-order valence-corrected chi connectivity index (χ2v) is 6.13. The number of aromatic nitrogens is 2. The molecule has 0 unspecified atom stereocenters. The molecule has 0 N–H and O–H groups in total. The van der Waals surface area contributed by atoms with Crippen LogP contribution in [0.25, 0.3) is 11.0 Å². The second kappa shape index (κ2) is 4.70. The largest absolute Gasteiger partial charge is 0.331 e. The van der Waals surface area contributed by atoms with Crippen molar-refractivity contribution in [3.63, 3.8) is 0 Å². The summed E-state index contributed by atoms with van der Waals surface area (Å²) in [5.41, 5.74) is 2.70. The molecule has 0 bridgehead atoms. The lowest BCUT2D eigenvalue weighted by Gasteiger charge is -2.15. The van der Waals surface area contributed by atoms with Gasteiger partial charge < -0.3 is 4.57 Å². The van der Waals surface area contributed by atoms with Crippen LogP contribution >= 0.6 is 0 Å². The molecule has 19 heavy (non-hydrogen) atoms. The number of benzene rings is 1. The third kappa shape index (κ3) is 2.49. The molecule has 0 saturated heterocycles. The van der Waals surface area contributed by atoms with E-state index < -0.39 is 5.41 Å². The molecule has 1 aromatic heterocycles. The van der Waals surface area contributed by atoms with Crippen molar-refractivity contribution in [2.24, 2.45) is 13.0 Å². The highest BCUT2D eigenvalue weighted by atomic mass is 15.1. The molecule has 3 heteroatoms. The summed E-state index contributed by atoms with van der Waals surface area (Å²) in [5, 5.41) is 9.24. The van der Waals surface area contributed by atoms with Crippen LogP contribution in [-0.4, -0.2) is 9.55 Å². The fourth-order valence-corrected chi connectivity index (χ4v) is 2.24. The lowest BCUT2D eigenvalue weighted by Crippen LogP contribution is -2.13. The number of aryl methyl sites for hydroxylation is 1. The predicted octanol–water partition coefficient (Wildman–Crippen LogP) is 3.57. The van der Waals surface area contributed by atoms with Gasteiger partial charge >= 0.3 is 0 Å². The zero-order valence-electron chi connectivity index (χ0n) is 12.4. The first-order chi connectivity index (χ1) is 8.85. The van der Waals surface area contributed by atoms with Crippen molar-refractivity contribution in [2.75, 3.05) is 0 Å². The van der Waals surface area contributed by atoms with Gasteiger partial charge in [-0.15, -0.1) is 0 Å². The van der Waals surface area contributed by atoms with E-state index in [1.54, 1.807) is 0 Å². The van der Waals surface area contributed by atoms with Gasteiger partial charge in [0.1, 0.15) is 5.82 Å². The van der Waals surface area contributed by atoms with Crippen molar-refractivity contribution in [3.05, 3.63) is 29.6 Å². The zero-order valence-corrected chi connectivity index (χ0v) is 12.4. The molecule has 1 aromatic carbocycles. The van der Waals surface area contributed by atoms with Crippen molar-refractivity contribution in [3.8, 4) is 6.07 Å². The molecule has 100 valence electrons. The van der Waals surface area contributed by atoms with Gasteiger partial charge in [-0.3, -0.25) is 0 Å². The van der Waals surface area contributed by atoms with E-state index in [2.05, 4.69) is 42.6 Å². The minimum absolute atomic E-state index is 0.462. The summed E-state index contributed by atoms with van der Waals surface area (Å²) < 4.78 is 2.15. The first kappa shape index (κ1) is 13.6. The zero-order chi connectivity index (χ0) is 14.2. The van der Waals surface area contributed by atoms with Crippen LogP contribution in [0.15, 0.2) is 18.2 Å². The summed E-state index contributed by atoms with van der Waals surface area (Å²) in [4.78, 5) is 4.68. The van der Waals surface area contributed by atoms with Crippen LogP contribution in [0.4, 0.5) is 0 Å². The Morgan fingerprint density at radius 3 is 2.63 bits per heavy atom. The minimum Gasteiger partial charge on any atom is -0.331 e. The average Bonchev–Trinajstić information content (AvgIpc) is 2.65. The molecule has 2 aromatic rings. The van der Waals surface area contributed by atoms with Crippen LogP contribution in [0.1, 0.15) is 39.1 Å². The van der Waals surface area contributed by atoms with Crippen molar-refractivity contribution < 1.29 is 0 Å². The topological polar surface area (TPSA) is 41.6 Å². The number of imidazole rings is 1. The molecule has 1 heterocycles. The van der Waals surface area contributed by atoms with Crippen LogP contribution in [0.3, 0.4) is 0 Å². The number of nitrogens with zero attached hydrogens (tertiary/aromatic N) is 3. The van der Waals surface area contributed by atoms with Gasteiger partial charge in [-0.05, 0) is 37.5 Å². The van der Waals surface area contributed by atoms with Crippen molar-refractivity contribution in [1.82, 2.24) is 9.55 Å². The highest BCUT2D eigenvalue weighted by molar-refractivity contribution is 5.77. The molecular formula is C16H21N3. The molecule has 0 radical (unpaired) electrons. The second-order valence-electron chi connectivity index (χ2n) is 6.13. The maximum atomic E-state index is 9.24. The average molecular weight is 255 g/mol. The van der Waals surface area contributed by atoms with Gasteiger partial charge in [0, 0.05) is 13.5 Å². The SMILES string of the molecule is CC(C)Cc1nc2ccc(C(C)(C)C#N)cc2n1C. The lowest BCUT2D eigenvalue weighted by molar-refractivity contribution is 0.606. The summed E-state index contributed by atoms with van der Waals surface area (Å²) in [6.45, 7) is 8.28. The predicted molar refractivity (Wildman–Crippen MR) is 77.9 cm³/mol. The summed E-state index contributed by atoms with van der Waals surface area (Å²) in [5.74, 6) is 1.70. The number of hydrogen-bond donors (Lipinski definition) is 0. The molecule has 2 rings (SSSR count). The highest BCUT2D eigenvalue weighted by Crippen LogP contribution is 2.26. The quantitative estimate of drug-likeness (QED) is 0.841. The molecular weight excluding hydrogens is 234 g/mol. The summed E-state index contributed by atoms with van der Waals surface area (Å²) in [6.07, 6.45) is 0.974. The fraction of sp³-hybridized carbons (Fsp3) is 0.500. The number of hydrogen-bond acceptors (Lipinski definition) is 2. The Hall–Kier alpha value is -1.82. The van der Waals surface area contributed by atoms with E-state index in [4.69, 9.17) is 0 Å². The molecule has 0 fully saturated rings. The van der Waals surface area contributed by atoms with Gasteiger partial charge in [0.2, 0.25) is 0 Å². The normalized spacial score (nSPS) is 12.1. The Kier molecular flexibility index (Phi) is 3.36. The van der Waals surface area contributed by atoms with Gasteiger partial charge in [0.15, 0.2) is 0 Å². The Bertz CT molecular complexity index is 642. The smallest absolute Gasteiger partial charge is 0.109 e. The van der Waals surface area contributed by atoms with Crippen LogP contribution in [0.5, 0.6) is 0 Å². The highest BCUT2D eigenvalue weighted by Gasteiger charge is 2.21. The van der Waals surface area contributed by atoms with E-state index in [0.717, 1.165) is 28.8 Å². The van der Waals surface area contributed by atoms with E-state index in [-0.39, 0.29) is 0 Å². The summed E-state index contributed by atoms with van der Waals surface area (Å²) >= 11 is 0. The molecule has 0 saturated carbocycles. The lowest BCUT2D eigenvalue weighted by atomic mass is 9.86. The van der Waals surface area contributed by atoms with E-state index >= 15 is 0 Å². The van der Waals surface area contributed by atoms with Gasteiger partial charge in [0.25, 0.3) is 0 Å². The van der Waals surface area contributed by atoms with Crippen LogP contribution in [0, 0.1) is 17.2 Å². The molecule has 0 aliphatic rings. The van der Waals surface area contributed by atoms with E-state index in [1.807, 2.05) is 26.0 Å². The first-order valence-electron chi connectivity index (χ1n) is 6.72. The molecule has 0 atom stereocenters. The Balaban J connectivity index is 2.55. The standard InChI is InChI=1S/C16H21N3/c1-11(2)8-15-18-13-7-6-12(16(3,4)10-17)9-14(13)19(15)5/h6-7,9,11H,8H2,1-5H3. The number of nitriles is 1. The summed E-state index contributed by atoms with van der Waals surface area (Å²) in [6, 6.07) is 8.48. The maximum absolute atomic E-state index is 9.24. The first-order valence-corrected chi connectivity index (χ1v) is 6.72. The Morgan fingerprint density at radius 1 is 1.37 bits per heavy atom.